The van der Waals surface area contributed by atoms with Gasteiger partial charge in [0.05, 0.1) is 0 Å². The number of hydrogen-bond donors (Lipinski definition) is 0. The van der Waals surface area contributed by atoms with E-state index in [4.69, 9.17) is 0 Å². The molecule has 3 rings (SSSR count). The van der Waals surface area contributed by atoms with Crippen molar-refractivity contribution in [3.05, 3.63) is 35.4 Å². The summed E-state index contributed by atoms with van der Waals surface area (Å²) in [6.07, 6.45) is 7.14. The van der Waals surface area contributed by atoms with Crippen LogP contribution in [0.5, 0.6) is 0 Å². The number of benzene rings is 1. The minimum Gasteiger partial charge on any atom is -0.294 e. The third kappa shape index (κ3) is 1.26. The van der Waals surface area contributed by atoms with Crippen molar-refractivity contribution in [1.29, 1.82) is 0 Å². The molecule has 0 amide bonds. The largest absolute Gasteiger partial charge is 0.294 e. The molecular weight excluding hydrogens is 184 g/mol. The molecule has 2 aliphatic carbocycles. The summed E-state index contributed by atoms with van der Waals surface area (Å²) in [6.45, 7) is 0. The number of hydrogen-bond acceptors (Lipinski definition) is 1. The lowest BCUT2D eigenvalue weighted by Gasteiger charge is -2.33. The highest BCUT2D eigenvalue weighted by Crippen LogP contribution is 2.48. The van der Waals surface area contributed by atoms with E-state index in [1.165, 1.54) is 37.7 Å². The van der Waals surface area contributed by atoms with Gasteiger partial charge in [-0.25, -0.2) is 0 Å². The predicted molar refractivity (Wildman–Crippen MR) is 60.2 cm³/mol. The van der Waals surface area contributed by atoms with Crippen molar-refractivity contribution in [2.45, 2.75) is 43.9 Å². The maximum Gasteiger partial charge on any atom is 0.164 e. The number of rotatable bonds is 0. The van der Waals surface area contributed by atoms with E-state index in [-0.39, 0.29) is 5.41 Å². The third-order valence-electron chi connectivity index (χ3n) is 4.11. The Hall–Kier alpha value is -1.11. The van der Waals surface area contributed by atoms with Crippen LogP contribution >= 0.6 is 0 Å². The van der Waals surface area contributed by atoms with Crippen LogP contribution in [0.2, 0.25) is 0 Å². The van der Waals surface area contributed by atoms with E-state index in [1.54, 1.807) is 0 Å². The number of carbonyl (C=O) groups excluding carboxylic acids is 1. The molecule has 1 saturated carbocycles. The van der Waals surface area contributed by atoms with E-state index in [1.807, 2.05) is 12.1 Å². The molecule has 1 nitrogen and oxygen atoms in total. The smallest absolute Gasteiger partial charge is 0.164 e. The molecule has 78 valence electrons. The molecule has 15 heavy (non-hydrogen) atoms. The van der Waals surface area contributed by atoms with Crippen molar-refractivity contribution < 1.29 is 4.79 Å². The number of carbonyl (C=O) groups is 1. The highest BCUT2D eigenvalue weighted by atomic mass is 16.1. The molecule has 1 spiro atoms. The molecule has 0 radical (unpaired) electrons. The Morgan fingerprint density at radius 1 is 1.00 bits per heavy atom. The van der Waals surface area contributed by atoms with Crippen molar-refractivity contribution in [2.75, 3.05) is 0 Å². The van der Waals surface area contributed by atoms with Crippen molar-refractivity contribution >= 4 is 5.78 Å². The van der Waals surface area contributed by atoms with E-state index >= 15 is 0 Å². The zero-order valence-corrected chi connectivity index (χ0v) is 8.96. The van der Waals surface area contributed by atoms with Gasteiger partial charge in [-0.2, -0.15) is 0 Å². The van der Waals surface area contributed by atoms with Crippen molar-refractivity contribution in [3.63, 3.8) is 0 Å². The molecule has 0 atom stereocenters. The Kier molecular flexibility index (Phi) is 1.95. The van der Waals surface area contributed by atoms with Gasteiger partial charge in [-0.05, 0) is 18.4 Å². The minimum atomic E-state index is 0.228. The first kappa shape index (κ1) is 9.14. The summed E-state index contributed by atoms with van der Waals surface area (Å²) < 4.78 is 0. The summed E-state index contributed by atoms with van der Waals surface area (Å²) in [6, 6.07) is 8.24. The van der Waals surface area contributed by atoms with Crippen molar-refractivity contribution in [3.8, 4) is 0 Å². The van der Waals surface area contributed by atoms with Gasteiger partial charge in [0, 0.05) is 17.4 Å². The Labute approximate surface area is 90.5 Å². The van der Waals surface area contributed by atoms with E-state index in [0.717, 1.165) is 12.0 Å². The molecule has 1 heteroatoms. The summed E-state index contributed by atoms with van der Waals surface area (Å²) >= 11 is 0. The molecule has 0 aliphatic heterocycles. The van der Waals surface area contributed by atoms with Gasteiger partial charge in [-0.3, -0.25) is 4.79 Å². The van der Waals surface area contributed by atoms with Gasteiger partial charge in [0.1, 0.15) is 0 Å². The molecule has 1 aromatic rings. The van der Waals surface area contributed by atoms with Gasteiger partial charge in [-0.1, -0.05) is 43.5 Å². The minimum absolute atomic E-state index is 0.228. The maximum atomic E-state index is 11.9. The Bertz CT molecular complexity index is 400. The molecule has 0 bridgehead atoms. The fraction of sp³-hybridized carbons (Fsp3) is 0.500. The normalized spacial score (nSPS) is 23.1. The van der Waals surface area contributed by atoms with Gasteiger partial charge >= 0.3 is 0 Å². The van der Waals surface area contributed by atoms with Crippen molar-refractivity contribution in [2.24, 2.45) is 0 Å². The summed E-state index contributed by atoms with van der Waals surface area (Å²) in [5.41, 5.74) is 2.57. The van der Waals surface area contributed by atoms with Gasteiger partial charge in [-0.15, -0.1) is 0 Å². The van der Waals surface area contributed by atoms with Crippen LogP contribution in [-0.2, 0) is 5.41 Å². The highest BCUT2D eigenvalue weighted by molar-refractivity contribution is 6.02. The molecular formula is C14H16O. The summed E-state index contributed by atoms with van der Waals surface area (Å²) in [7, 11) is 0. The molecule has 1 aromatic carbocycles. The first-order valence-electron chi connectivity index (χ1n) is 5.95. The first-order chi connectivity index (χ1) is 7.32. The lowest BCUT2D eigenvalue weighted by atomic mass is 9.70. The van der Waals surface area contributed by atoms with E-state index in [2.05, 4.69) is 12.1 Å². The zero-order valence-electron chi connectivity index (χ0n) is 8.96. The fourth-order valence-electron chi connectivity index (χ4n) is 3.36. The summed E-state index contributed by atoms with van der Waals surface area (Å²) in [5, 5.41) is 0. The molecule has 0 N–H and O–H groups in total. The van der Waals surface area contributed by atoms with Crippen LogP contribution in [0.15, 0.2) is 24.3 Å². The van der Waals surface area contributed by atoms with Crippen LogP contribution in [-0.4, -0.2) is 5.78 Å². The zero-order chi connectivity index (χ0) is 10.3. The lowest BCUT2D eigenvalue weighted by molar-refractivity contribution is 0.0962. The van der Waals surface area contributed by atoms with Gasteiger partial charge in [0.15, 0.2) is 5.78 Å². The second kappa shape index (κ2) is 3.19. The quantitative estimate of drug-likeness (QED) is 0.626. The topological polar surface area (TPSA) is 17.1 Å². The van der Waals surface area contributed by atoms with Crippen molar-refractivity contribution in [1.82, 2.24) is 0 Å². The highest BCUT2D eigenvalue weighted by Gasteiger charge is 2.43. The molecule has 0 heterocycles. The average Bonchev–Trinajstić information content (AvgIpc) is 2.55. The summed E-state index contributed by atoms with van der Waals surface area (Å²) in [4.78, 5) is 11.9. The Morgan fingerprint density at radius 3 is 2.53 bits per heavy atom. The van der Waals surface area contributed by atoms with Gasteiger partial charge in [0.2, 0.25) is 0 Å². The van der Waals surface area contributed by atoms with E-state index < -0.39 is 0 Å². The Morgan fingerprint density at radius 2 is 1.73 bits per heavy atom. The van der Waals surface area contributed by atoms with Crippen LogP contribution < -0.4 is 0 Å². The maximum absolute atomic E-state index is 11.9. The van der Waals surface area contributed by atoms with Crippen LogP contribution in [0.4, 0.5) is 0 Å². The molecule has 0 unspecified atom stereocenters. The molecule has 0 saturated heterocycles. The van der Waals surface area contributed by atoms with Crippen LogP contribution in [0.1, 0.15) is 54.4 Å². The lowest BCUT2D eigenvalue weighted by Crippen LogP contribution is -2.26. The number of ketones is 1. The van der Waals surface area contributed by atoms with Crippen LogP contribution in [0.3, 0.4) is 0 Å². The fourth-order valence-corrected chi connectivity index (χ4v) is 3.36. The van der Waals surface area contributed by atoms with E-state index in [9.17, 15) is 4.79 Å². The van der Waals surface area contributed by atoms with Gasteiger partial charge < -0.3 is 0 Å². The van der Waals surface area contributed by atoms with E-state index in [0.29, 0.717) is 5.78 Å². The number of Topliss-reactive ketones (excluding diaryl/α,β-unsaturated/α-hetero) is 1. The standard InChI is InChI=1S/C14H16O/c15-13-10-14(8-4-1-5-9-14)12-7-3-2-6-11(12)13/h2-3,6-7H,1,4-5,8-10H2. The monoisotopic (exact) mass is 200 g/mol. The second-order valence-corrected chi connectivity index (χ2v) is 4.99. The van der Waals surface area contributed by atoms with Crippen LogP contribution in [0, 0.1) is 0 Å². The first-order valence-corrected chi connectivity index (χ1v) is 5.95. The molecule has 2 aliphatic rings. The Balaban J connectivity index is 2.10. The average molecular weight is 200 g/mol. The molecule has 0 aromatic heterocycles. The SMILES string of the molecule is O=C1CC2(CCCCC2)c2ccccc21. The predicted octanol–water partition coefficient (Wildman–Crippen LogP) is 3.47. The van der Waals surface area contributed by atoms with Crippen LogP contribution in [0.25, 0.3) is 0 Å². The number of fused-ring (bicyclic) bond motifs is 2. The van der Waals surface area contributed by atoms with Gasteiger partial charge in [0.25, 0.3) is 0 Å². The third-order valence-corrected chi connectivity index (χ3v) is 4.11. The summed E-state index contributed by atoms with van der Waals surface area (Å²) in [5.74, 6) is 0.368. The second-order valence-electron chi connectivity index (χ2n) is 4.99. The molecule has 1 fully saturated rings.